The summed E-state index contributed by atoms with van der Waals surface area (Å²) in [7, 11) is 2.02. The topological polar surface area (TPSA) is 17.8 Å². The number of benzene rings is 2. The van der Waals surface area contributed by atoms with Crippen molar-refractivity contribution < 1.29 is 4.39 Å². The van der Waals surface area contributed by atoms with Crippen molar-refractivity contribution in [3.63, 3.8) is 0 Å². The second-order valence-corrected chi connectivity index (χ2v) is 6.06. The molecule has 0 unspecified atom stereocenters. The maximum absolute atomic E-state index is 13.0. The molecule has 0 saturated carbocycles. The highest BCUT2D eigenvalue weighted by Gasteiger charge is 2.13. The number of hydrogen-bond donors (Lipinski definition) is 0. The molecule has 1 aromatic heterocycles. The van der Waals surface area contributed by atoms with Crippen molar-refractivity contribution >= 4 is 22.8 Å². The molecule has 3 rings (SSSR count). The first-order valence-corrected chi connectivity index (χ1v) is 7.36. The van der Waals surface area contributed by atoms with E-state index in [2.05, 4.69) is 22.5 Å². The molecule has 4 heteroatoms. The van der Waals surface area contributed by atoms with Crippen molar-refractivity contribution in [2.45, 2.75) is 17.3 Å². The third-order valence-electron chi connectivity index (χ3n) is 3.37. The molecule has 0 fully saturated rings. The largest absolute Gasteiger partial charge is 0.322 e. The molecule has 102 valence electrons. The monoisotopic (exact) mass is 286 g/mol. The van der Waals surface area contributed by atoms with Gasteiger partial charge in [-0.1, -0.05) is 36.0 Å². The SMILES string of the molecule is C[C@H](Sc1nc2ccccc2n1C)c1ccc(F)cc1. The van der Waals surface area contributed by atoms with Crippen molar-refractivity contribution in [2.75, 3.05) is 0 Å². The molecule has 0 aliphatic heterocycles. The summed E-state index contributed by atoms with van der Waals surface area (Å²) >= 11 is 1.68. The predicted octanol–water partition coefficient (Wildman–Crippen LogP) is 4.57. The van der Waals surface area contributed by atoms with Crippen molar-refractivity contribution in [1.29, 1.82) is 0 Å². The number of thioether (sulfide) groups is 1. The molecule has 0 aliphatic carbocycles. The van der Waals surface area contributed by atoms with Crippen molar-refractivity contribution in [1.82, 2.24) is 9.55 Å². The Balaban J connectivity index is 1.89. The van der Waals surface area contributed by atoms with Gasteiger partial charge in [-0.25, -0.2) is 9.37 Å². The molecule has 0 spiro atoms. The fourth-order valence-corrected chi connectivity index (χ4v) is 3.21. The zero-order chi connectivity index (χ0) is 14.1. The lowest BCUT2D eigenvalue weighted by molar-refractivity contribution is 0.627. The normalized spacial score (nSPS) is 12.8. The van der Waals surface area contributed by atoms with Gasteiger partial charge in [0.05, 0.1) is 11.0 Å². The summed E-state index contributed by atoms with van der Waals surface area (Å²) < 4.78 is 15.1. The maximum Gasteiger partial charge on any atom is 0.169 e. The van der Waals surface area contributed by atoms with Crippen LogP contribution in [0.4, 0.5) is 4.39 Å². The van der Waals surface area contributed by atoms with Crippen molar-refractivity contribution in [3.05, 3.63) is 59.9 Å². The van der Waals surface area contributed by atoms with E-state index in [-0.39, 0.29) is 11.1 Å². The predicted molar refractivity (Wildman–Crippen MR) is 81.4 cm³/mol. The van der Waals surface area contributed by atoms with E-state index in [0.717, 1.165) is 21.8 Å². The van der Waals surface area contributed by atoms with Gasteiger partial charge in [-0.15, -0.1) is 0 Å². The molecule has 0 bridgehead atoms. The van der Waals surface area contributed by atoms with Crippen LogP contribution in [0.3, 0.4) is 0 Å². The van der Waals surface area contributed by atoms with Gasteiger partial charge in [0.1, 0.15) is 5.82 Å². The Morgan fingerprint density at radius 1 is 1.10 bits per heavy atom. The summed E-state index contributed by atoms with van der Waals surface area (Å²) in [5.41, 5.74) is 3.23. The molecule has 3 aromatic rings. The minimum atomic E-state index is -0.200. The molecule has 20 heavy (non-hydrogen) atoms. The molecule has 0 radical (unpaired) electrons. The van der Waals surface area contributed by atoms with Crippen molar-refractivity contribution in [3.8, 4) is 0 Å². The molecular formula is C16H15FN2S. The molecule has 0 saturated heterocycles. The number of aromatic nitrogens is 2. The van der Waals surface area contributed by atoms with Gasteiger partial charge in [-0.05, 0) is 36.8 Å². The average Bonchev–Trinajstić information content (AvgIpc) is 2.77. The first kappa shape index (κ1) is 13.2. The van der Waals surface area contributed by atoms with Gasteiger partial charge in [0.15, 0.2) is 5.16 Å². The zero-order valence-electron chi connectivity index (χ0n) is 11.4. The van der Waals surface area contributed by atoms with Crippen LogP contribution in [0.15, 0.2) is 53.7 Å². The van der Waals surface area contributed by atoms with Crippen LogP contribution in [0.2, 0.25) is 0 Å². The van der Waals surface area contributed by atoms with E-state index in [4.69, 9.17) is 0 Å². The quantitative estimate of drug-likeness (QED) is 0.657. The lowest BCUT2D eigenvalue weighted by Crippen LogP contribution is -1.94. The van der Waals surface area contributed by atoms with Gasteiger partial charge in [-0.3, -0.25) is 0 Å². The average molecular weight is 286 g/mol. The van der Waals surface area contributed by atoms with Gasteiger partial charge in [0, 0.05) is 12.3 Å². The van der Waals surface area contributed by atoms with E-state index < -0.39 is 0 Å². The highest BCUT2D eigenvalue weighted by Crippen LogP contribution is 2.35. The molecule has 1 heterocycles. The highest BCUT2D eigenvalue weighted by atomic mass is 32.2. The van der Waals surface area contributed by atoms with Crippen LogP contribution in [0.5, 0.6) is 0 Å². The highest BCUT2D eigenvalue weighted by molar-refractivity contribution is 7.99. The van der Waals surface area contributed by atoms with Crippen LogP contribution < -0.4 is 0 Å². The summed E-state index contributed by atoms with van der Waals surface area (Å²) in [6, 6.07) is 14.7. The molecule has 0 N–H and O–H groups in total. The number of aryl methyl sites for hydroxylation is 1. The number of fused-ring (bicyclic) bond motifs is 1. The van der Waals surface area contributed by atoms with E-state index in [1.54, 1.807) is 11.8 Å². The number of imidazole rings is 1. The lowest BCUT2D eigenvalue weighted by atomic mass is 10.2. The Morgan fingerprint density at radius 3 is 2.50 bits per heavy atom. The number of hydrogen-bond acceptors (Lipinski definition) is 2. The summed E-state index contributed by atoms with van der Waals surface area (Å²) in [5.74, 6) is -0.200. The number of nitrogens with zero attached hydrogens (tertiary/aromatic N) is 2. The van der Waals surface area contributed by atoms with E-state index in [1.165, 1.54) is 12.1 Å². The summed E-state index contributed by atoms with van der Waals surface area (Å²) in [5, 5.41) is 1.20. The maximum atomic E-state index is 13.0. The van der Waals surface area contributed by atoms with Crippen LogP contribution in [-0.4, -0.2) is 9.55 Å². The second kappa shape index (κ2) is 5.29. The summed E-state index contributed by atoms with van der Waals surface area (Å²) in [4.78, 5) is 4.65. The minimum absolute atomic E-state index is 0.200. The number of halogens is 1. The molecule has 2 nitrogen and oxygen atoms in total. The molecule has 0 aliphatic rings. The van der Waals surface area contributed by atoms with Gasteiger partial charge >= 0.3 is 0 Å². The van der Waals surface area contributed by atoms with Crippen LogP contribution in [0, 0.1) is 5.82 Å². The van der Waals surface area contributed by atoms with Crippen LogP contribution in [0.25, 0.3) is 11.0 Å². The van der Waals surface area contributed by atoms with Crippen LogP contribution in [-0.2, 0) is 7.05 Å². The zero-order valence-corrected chi connectivity index (χ0v) is 12.2. The first-order chi connectivity index (χ1) is 9.65. The summed E-state index contributed by atoms with van der Waals surface area (Å²) in [6.07, 6.45) is 0. The fourth-order valence-electron chi connectivity index (χ4n) is 2.19. The first-order valence-electron chi connectivity index (χ1n) is 6.49. The number of para-hydroxylation sites is 2. The lowest BCUT2D eigenvalue weighted by Gasteiger charge is -2.11. The Hall–Kier alpha value is -1.81. The summed E-state index contributed by atoms with van der Waals surface area (Å²) in [6.45, 7) is 2.11. The molecule has 0 amide bonds. The number of rotatable bonds is 3. The van der Waals surface area contributed by atoms with Gasteiger partial charge in [0.25, 0.3) is 0 Å². The second-order valence-electron chi connectivity index (χ2n) is 4.75. The Bertz CT molecular complexity index is 734. The molecular weight excluding hydrogens is 271 g/mol. The van der Waals surface area contributed by atoms with Crippen LogP contribution >= 0.6 is 11.8 Å². The molecule has 2 aromatic carbocycles. The third-order valence-corrected chi connectivity index (χ3v) is 4.57. The van der Waals surface area contributed by atoms with Gasteiger partial charge in [-0.2, -0.15) is 0 Å². The van der Waals surface area contributed by atoms with E-state index in [0.29, 0.717) is 0 Å². The van der Waals surface area contributed by atoms with E-state index >= 15 is 0 Å². The molecule has 1 atom stereocenters. The van der Waals surface area contributed by atoms with Crippen LogP contribution in [0.1, 0.15) is 17.7 Å². The van der Waals surface area contributed by atoms with E-state index in [9.17, 15) is 4.39 Å². The van der Waals surface area contributed by atoms with Gasteiger partial charge < -0.3 is 4.57 Å². The van der Waals surface area contributed by atoms with E-state index in [1.807, 2.05) is 37.4 Å². The fraction of sp³-hybridized carbons (Fsp3) is 0.188. The smallest absolute Gasteiger partial charge is 0.169 e. The Labute approximate surface area is 121 Å². The van der Waals surface area contributed by atoms with Gasteiger partial charge in [0.2, 0.25) is 0 Å². The van der Waals surface area contributed by atoms with Crippen molar-refractivity contribution in [2.24, 2.45) is 7.05 Å². The minimum Gasteiger partial charge on any atom is -0.322 e. The Kier molecular flexibility index (Phi) is 3.49. The third kappa shape index (κ3) is 2.43. The standard InChI is InChI=1S/C16H15FN2S/c1-11(12-7-9-13(17)10-8-12)20-16-18-14-5-3-4-6-15(14)19(16)2/h3-11H,1-2H3/t11-/m0/s1. The Morgan fingerprint density at radius 2 is 1.80 bits per heavy atom.